The van der Waals surface area contributed by atoms with Gasteiger partial charge in [-0.3, -0.25) is 14.3 Å². The summed E-state index contributed by atoms with van der Waals surface area (Å²) in [4.78, 5) is 16.7. The number of hydrogen-bond acceptors (Lipinski definition) is 5. The van der Waals surface area contributed by atoms with E-state index in [4.69, 9.17) is 11.6 Å². The first-order valence-corrected chi connectivity index (χ1v) is 10.6. The number of amides is 1. The molecule has 4 aromatic rings. The van der Waals surface area contributed by atoms with Crippen LogP contribution in [-0.4, -0.2) is 31.4 Å². The van der Waals surface area contributed by atoms with Gasteiger partial charge in [-0.25, -0.2) is 0 Å². The number of nitrogens with zero attached hydrogens (tertiary/aromatic N) is 4. The smallest absolute Gasteiger partial charge is 0.234 e. The van der Waals surface area contributed by atoms with Crippen LogP contribution in [0.5, 0.6) is 0 Å². The Kier molecular flexibility index (Phi) is 6.11. The first-order valence-electron chi connectivity index (χ1n) is 9.22. The van der Waals surface area contributed by atoms with Gasteiger partial charge in [-0.05, 0) is 55.0 Å². The number of para-hydroxylation sites is 1. The van der Waals surface area contributed by atoms with E-state index >= 15 is 0 Å². The van der Waals surface area contributed by atoms with Crippen molar-refractivity contribution in [3.8, 4) is 17.1 Å². The van der Waals surface area contributed by atoms with E-state index in [-0.39, 0.29) is 11.7 Å². The Morgan fingerprint density at radius 1 is 1.07 bits per heavy atom. The maximum absolute atomic E-state index is 12.5. The zero-order chi connectivity index (χ0) is 20.9. The standard InChI is InChI=1S/C22H18ClN5OS/c1-15-5-2-3-7-19(15)25-20(29)14-30-22-27-26-21(16-6-4-12-24-13-16)28(22)18-10-8-17(23)9-11-18/h2-13H,14H2,1H3,(H,25,29). The van der Waals surface area contributed by atoms with Crippen molar-refractivity contribution in [3.63, 3.8) is 0 Å². The Morgan fingerprint density at radius 2 is 1.87 bits per heavy atom. The highest BCUT2D eigenvalue weighted by Gasteiger charge is 2.17. The molecule has 2 aromatic heterocycles. The summed E-state index contributed by atoms with van der Waals surface area (Å²) in [6.45, 7) is 1.96. The van der Waals surface area contributed by atoms with Crippen LogP contribution in [0.25, 0.3) is 17.1 Å². The maximum atomic E-state index is 12.5. The summed E-state index contributed by atoms with van der Waals surface area (Å²) in [6.07, 6.45) is 3.44. The van der Waals surface area contributed by atoms with Gasteiger partial charge >= 0.3 is 0 Å². The van der Waals surface area contributed by atoms with E-state index in [1.165, 1.54) is 11.8 Å². The van der Waals surface area contributed by atoms with E-state index in [1.54, 1.807) is 12.4 Å². The van der Waals surface area contributed by atoms with Gasteiger partial charge in [0.05, 0.1) is 5.75 Å². The molecule has 150 valence electrons. The molecule has 1 N–H and O–H groups in total. The monoisotopic (exact) mass is 435 g/mol. The third kappa shape index (κ3) is 4.53. The number of carbonyl (C=O) groups excluding carboxylic acids is 1. The molecule has 0 spiro atoms. The van der Waals surface area contributed by atoms with E-state index in [0.29, 0.717) is 16.0 Å². The highest BCUT2D eigenvalue weighted by atomic mass is 35.5. The number of thioether (sulfide) groups is 1. The van der Waals surface area contributed by atoms with Crippen molar-refractivity contribution in [1.82, 2.24) is 19.7 Å². The van der Waals surface area contributed by atoms with Crippen LogP contribution >= 0.6 is 23.4 Å². The van der Waals surface area contributed by atoms with Crippen molar-refractivity contribution >= 4 is 35.0 Å². The lowest BCUT2D eigenvalue weighted by Crippen LogP contribution is -2.15. The summed E-state index contributed by atoms with van der Waals surface area (Å²) >= 11 is 7.37. The summed E-state index contributed by atoms with van der Waals surface area (Å²) in [7, 11) is 0. The van der Waals surface area contributed by atoms with Crippen LogP contribution in [0.3, 0.4) is 0 Å². The van der Waals surface area contributed by atoms with Gasteiger partial charge in [0.1, 0.15) is 0 Å². The predicted octanol–water partition coefficient (Wildman–Crippen LogP) is 5.02. The molecule has 0 aliphatic heterocycles. The molecule has 4 rings (SSSR count). The van der Waals surface area contributed by atoms with E-state index in [1.807, 2.05) is 72.2 Å². The van der Waals surface area contributed by atoms with Crippen LogP contribution < -0.4 is 5.32 Å². The third-order valence-electron chi connectivity index (χ3n) is 4.39. The second-order valence-corrected chi connectivity index (χ2v) is 7.89. The van der Waals surface area contributed by atoms with Gasteiger partial charge in [-0.2, -0.15) is 0 Å². The van der Waals surface area contributed by atoms with Crippen molar-refractivity contribution in [3.05, 3.63) is 83.6 Å². The number of aryl methyl sites for hydroxylation is 1. The number of hydrogen-bond donors (Lipinski definition) is 1. The molecule has 0 saturated heterocycles. The Morgan fingerprint density at radius 3 is 2.60 bits per heavy atom. The minimum atomic E-state index is -0.108. The topological polar surface area (TPSA) is 72.7 Å². The fourth-order valence-corrected chi connectivity index (χ4v) is 3.78. The zero-order valence-electron chi connectivity index (χ0n) is 16.1. The molecule has 30 heavy (non-hydrogen) atoms. The molecule has 0 bridgehead atoms. The molecule has 0 unspecified atom stereocenters. The molecule has 0 saturated carbocycles. The molecule has 0 fully saturated rings. The van der Waals surface area contributed by atoms with Crippen molar-refractivity contribution in [2.75, 3.05) is 11.1 Å². The fraction of sp³-hybridized carbons (Fsp3) is 0.0909. The second-order valence-electron chi connectivity index (χ2n) is 6.51. The number of benzene rings is 2. The molecule has 2 heterocycles. The Bertz CT molecular complexity index is 1160. The van der Waals surface area contributed by atoms with Gasteiger partial charge in [0.25, 0.3) is 0 Å². The summed E-state index contributed by atoms with van der Waals surface area (Å²) in [5.41, 5.74) is 3.50. The maximum Gasteiger partial charge on any atom is 0.234 e. The van der Waals surface area contributed by atoms with Gasteiger partial charge in [0, 0.05) is 34.4 Å². The second kappa shape index (κ2) is 9.11. The third-order valence-corrected chi connectivity index (χ3v) is 5.57. The number of carbonyl (C=O) groups is 1. The number of rotatable bonds is 6. The SMILES string of the molecule is Cc1ccccc1NC(=O)CSc1nnc(-c2cccnc2)n1-c1ccc(Cl)cc1. The molecule has 0 atom stereocenters. The van der Waals surface area contributed by atoms with Gasteiger partial charge < -0.3 is 5.32 Å². The van der Waals surface area contributed by atoms with E-state index in [0.717, 1.165) is 22.5 Å². The molecular weight excluding hydrogens is 418 g/mol. The molecule has 6 nitrogen and oxygen atoms in total. The average Bonchev–Trinajstić information content (AvgIpc) is 3.19. The normalized spacial score (nSPS) is 10.7. The lowest BCUT2D eigenvalue weighted by molar-refractivity contribution is -0.113. The molecule has 8 heteroatoms. The first-order chi connectivity index (χ1) is 14.6. The summed E-state index contributed by atoms with van der Waals surface area (Å²) in [5.74, 6) is 0.739. The molecule has 1 amide bonds. The summed E-state index contributed by atoms with van der Waals surface area (Å²) < 4.78 is 1.90. The lowest BCUT2D eigenvalue weighted by atomic mass is 10.2. The fourth-order valence-electron chi connectivity index (χ4n) is 2.90. The van der Waals surface area contributed by atoms with Crippen molar-refractivity contribution < 1.29 is 4.79 Å². The minimum Gasteiger partial charge on any atom is -0.325 e. The number of anilines is 1. The molecule has 0 radical (unpaired) electrons. The summed E-state index contributed by atoms with van der Waals surface area (Å²) in [5, 5.41) is 12.9. The number of pyridine rings is 1. The molecule has 0 aliphatic carbocycles. The van der Waals surface area contributed by atoms with Crippen molar-refractivity contribution in [1.29, 1.82) is 0 Å². The van der Waals surface area contributed by atoms with Crippen LogP contribution in [0.15, 0.2) is 78.2 Å². The highest BCUT2D eigenvalue weighted by Crippen LogP contribution is 2.28. The lowest BCUT2D eigenvalue weighted by Gasteiger charge is -2.11. The van der Waals surface area contributed by atoms with Crippen LogP contribution in [0.2, 0.25) is 5.02 Å². The van der Waals surface area contributed by atoms with Crippen LogP contribution in [0.1, 0.15) is 5.56 Å². The Hall–Kier alpha value is -3.16. The van der Waals surface area contributed by atoms with Gasteiger partial charge in [0.15, 0.2) is 11.0 Å². The number of nitrogens with one attached hydrogen (secondary N) is 1. The van der Waals surface area contributed by atoms with E-state index in [2.05, 4.69) is 20.5 Å². The molecule has 0 aliphatic rings. The Balaban J connectivity index is 1.60. The minimum absolute atomic E-state index is 0.108. The highest BCUT2D eigenvalue weighted by molar-refractivity contribution is 7.99. The molecular formula is C22H18ClN5OS. The van der Waals surface area contributed by atoms with Crippen LogP contribution in [-0.2, 0) is 4.79 Å². The molecule has 2 aromatic carbocycles. The first kappa shape index (κ1) is 20.1. The van der Waals surface area contributed by atoms with Gasteiger partial charge in [0.2, 0.25) is 5.91 Å². The van der Waals surface area contributed by atoms with Gasteiger partial charge in [-0.15, -0.1) is 10.2 Å². The largest absolute Gasteiger partial charge is 0.325 e. The summed E-state index contributed by atoms with van der Waals surface area (Å²) in [6, 6.07) is 18.8. The van der Waals surface area contributed by atoms with Crippen LogP contribution in [0.4, 0.5) is 5.69 Å². The van der Waals surface area contributed by atoms with Gasteiger partial charge in [-0.1, -0.05) is 41.6 Å². The quantitative estimate of drug-likeness (QED) is 0.430. The van der Waals surface area contributed by atoms with Crippen molar-refractivity contribution in [2.24, 2.45) is 0 Å². The van der Waals surface area contributed by atoms with E-state index in [9.17, 15) is 4.79 Å². The van der Waals surface area contributed by atoms with Crippen molar-refractivity contribution in [2.45, 2.75) is 12.1 Å². The number of halogens is 1. The zero-order valence-corrected chi connectivity index (χ0v) is 17.7. The average molecular weight is 436 g/mol. The number of aromatic nitrogens is 4. The van der Waals surface area contributed by atoms with Crippen LogP contribution in [0, 0.1) is 6.92 Å². The Labute approximate surface area is 183 Å². The van der Waals surface area contributed by atoms with E-state index < -0.39 is 0 Å². The predicted molar refractivity (Wildman–Crippen MR) is 120 cm³/mol.